The van der Waals surface area contributed by atoms with Crippen molar-refractivity contribution < 1.29 is 17.9 Å². The van der Waals surface area contributed by atoms with Crippen LogP contribution >= 0.6 is 0 Å². The van der Waals surface area contributed by atoms with Crippen molar-refractivity contribution in [2.24, 2.45) is 0 Å². The number of hydrogen-bond donors (Lipinski definition) is 0. The fourth-order valence-corrected chi connectivity index (χ4v) is 2.72. The Labute approximate surface area is 118 Å². The SMILES string of the molecule is CCOC(=O)CN(C)S(=O)(=O)Cc1ccccc1C#N. The topological polar surface area (TPSA) is 87.5 Å². The number of carbonyl (C=O) groups excluding carboxylic acids is 1. The van der Waals surface area contributed by atoms with Crippen molar-refractivity contribution in [1.82, 2.24) is 4.31 Å². The molecule has 0 amide bonds. The molecule has 0 bridgehead atoms. The number of nitriles is 1. The van der Waals surface area contributed by atoms with Gasteiger partial charge in [-0.3, -0.25) is 4.79 Å². The van der Waals surface area contributed by atoms with Crippen LogP contribution in [0.2, 0.25) is 0 Å². The van der Waals surface area contributed by atoms with E-state index >= 15 is 0 Å². The van der Waals surface area contributed by atoms with Gasteiger partial charge in [-0.2, -0.15) is 9.57 Å². The molecule has 0 aliphatic carbocycles. The van der Waals surface area contributed by atoms with Gasteiger partial charge in [0.15, 0.2) is 0 Å². The first-order valence-electron chi connectivity index (χ1n) is 5.98. The summed E-state index contributed by atoms with van der Waals surface area (Å²) in [7, 11) is -2.37. The van der Waals surface area contributed by atoms with Gasteiger partial charge >= 0.3 is 5.97 Å². The molecule has 0 heterocycles. The Hall–Kier alpha value is -1.91. The van der Waals surface area contributed by atoms with Gasteiger partial charge in [-0.05, 0) is 18.6 Å². The van der Waals surface area contributed by atoms with Crippen molar-refractivity contribution in [2.75, 3.05) is 20.2 Å². The molecule has 0 aliphatic rings. The first kappa shape index (κ1) is 16.1. The number of nitrogens with zero attached hydrogens (tertiary/aromatic N) is 2. The lowest BCUT2D eigenvalue weighted by Crippen LogP contribution is -2.34. The molecular weight excluding hydrogens is 280 g/mol. The highest BCUT2D eigenvalue weighted by Gasteiger charge is 2.22. The summed E-state index contributed by atoms with van der Waals surface area (Å²) in [5.74, 6) is -0.931. The molecule has 0 unspecified atom stereocenters. The summed E-state index contributed by atoms with van der Waals surface area (Å²) in [5.41, 5.74) is 0.714. The van der Waals surface area contributed by atoms with Gasteiger partial charge in [0, 0.05) is 7.05 Å². The summed E-state index contributed by atoms with van der Waals surface area (Å²) in [6.45, 7) is 1.50. The average Bonchev–Trinajstić information content (AvgIpc) is 2.39. The van der Waals surface area contributed by atoms with E-state index in [1.54, 1.807) is 31.2 Å². The Morgan fingerprint density at radius 3 is 2.65 bits per heavy atom. The van der Waals surface area contributed by atoms with Gasteiger partial charge < -0.3 is 4.74 Å². The highest BCUT2D eigenvalue weighted by Crippen LogP contribution is 2.13. The molecular formula is C13H16N2O4S. The van der Waals surface area contributed by atoms with Crippen molar-refractivity contribution in [3.63, 3.8) is 0 Å². The number of likely N-dealkylation sites (N-methyl/N-ethyl adjacent to an activating group) is 1. The Balaban J connectivity index is 2.84. The maximum atomic E-state index is 12.1. The van der Waals surface area contributed by atoms with E-state index in [-0.39, 0.29) is 18.9 Å². The molecule has 0 atom stereocenters. The Morgan fingerprint density at radius 1 is 1.40 bits per heavy atom. The van der Waals surface area contributed by atoms with Gasteiger partial charge in [-0.25, -0.2) is 8.42 Å². The number of esters is 1. The summed E-state index contributed by atoms with van der Waals surface area (Å²) >= 11 is 0. The fraction of sp³-hybridized carbons (Fsp3) is 0.385. The molecule has 7 heteroatoms. The van der Waals surface area contributed by atoms with Crippen LogP contribution < -0.4 is 0 Å². The van der Waals surface area contributed by atoms with Crippen LogP contribution in [0.15, 0.2) is 24.3 Å². The monoisotopic (exact) mass is 296 g/mol. The number of rotatable bonds is 6. The van der Waals surface area contributed by atoms with Gasteiger partial charge in [0.2, 0.25) is 10.0 Å². The minimum Gasteiger partial charge on any atom is -0.465 e. The van der Waals surface area contributed by atoms with Crippen LogP contribution in [-0.2, 0) is 25.3 Å². The summed E-state index contributed by atoms with van der Waals surface area (Å²) < 4.78 is 29.9. The molecule has 1 rings (SSSR count). The highest BCUT2D eigenvalue weighted by atomic mass is 32.2. The minimum absolute atomic E-state index is 0.198. The first-order chi connectivity index (χ1) is 9.40. The van der Waals surface area contributed by atoms with Crippen molar-refractivity contribution >= 4 is 16.0 Å². The molecule has 0 aromatic heterocycles. The second-order valence-corrected chi connectivity index (χ2v) is 6.16. The van der Waals surface area contributed by atoms with E-state index in [2.05, 4.69) is 0 Å². The lowest BCUT2D eigenvalue weighted by atomic mass is 10.1. The van der Waals surface area contributed by atoms with Crippen LogP contribution in [0.4, 0.5) is 0 Å². The number of sulfonamides is 1. The second kappa shape index (κ2) is 7.03. The van der Waals surface area contributed by atoms with Crippen LogP contribution in [0.5, 0.6) is 0 Å². The van der Waals surface area contributed by atoms with E-state index in [1.807, 2.05) is 6.07 Å². The third-order valence-electron chi connectivity index (χ3n) is 2.61. The van der Waals surface area contributed by atoms with Gasteiger partial charge in [-0.15, -0.1) is 0 Å². The molecule has 0 aliphatic heterocycles. The molecule has 0 N–H and O–H groups in total. The third-order valence-corrected chi connectivity index (χ3v) is 4.36. The molecule has 0 saturated carbocycles. The maximum Gasteiger partial charge on any atom is 0.321 e. The van der Waals surface area contributed by atoms with Crippen molar-refractivity contribution in [1.29, 1.82) is 5.26 Å². The van der Waals surface area contributed by atoms with Gasteiger partial charge in [0.1, 0.15) is 6.54 Å². The zero-order valence-electron chi connectivity index (χ0n) is 11.4. The molecule has 1 aromatic rings. The van der Waals surface area contributed by atoms with Gasteiger partial charge in [0.25, 0.3) is 0 Å². The predicted octanol–water partition coefficient (Wildman–Crippen LogP) is 0.883. The number of benzene rings is 1. The Kier molecular flexibility index (Phi) is 5.67. The molecule has 0 radical (unpaired) electrons. The zero-order chi connectivity index (χ0) is 15.2. The number of ether oxygens (including phenoxy) is 1. The van der Waals surface area contributed by atoms with Gasteiger partial charge in [-0.1, -0.05) is 18.2 Å². The molecule has 0 saturated heterocycles. The summed E-state index contributed by atoms with van der Waals surface area (Å²) in [6.07, 6.45) is 0. The van der Waals surface area contributed by atoms with Gasteiger partial charge in [0.05, 0.1) is 24.0 Å². The third kappa shape index (κ3) is 4.33. The maximum absolute atomic E-state index is 12.1. The van der Waals surface area contributed by atoms with Crippen molar-refractivity contribution in [3.8, 4) is 6.07 Å². The van der Waals surface area contributed by atoms with Crippen LogP contribution in [0.1, 0.15) is 18.1 Å². The molecule has 1 aromatic carbocycles. The van der Waals surface area contributed by atoms with Crippen LogP contribution in [-0.4, -0.2) is 38.9 Å². The Morgan fingerprint density at radius 2 is 2.05 bits per heavy atom. The molecule has 6 nitrogen and oxygen atoms in total. The van der Waals surface area contributed by atoms with E-state index in [1.165, 1.54) is 7.05 Å². The minimum atomic E-state index is -3.68. The smallest absolute Gasteiger partial charge is 0.321 e. The zero-order valence-corrected chi connectivity index (χ0v) is 12.2. The molecule has 108 valence electrons. The van der Waals surface area contributed by atoms with E-state index in [0.29, 0.717) is 11.1 Å². The van der Waals surface area contributed by atoms with Crippen LogP contribution in [0.3, 0.4) is 0 Å². The van der Waals surface area contributed by atoms with E-state index in [0.717, 1.165) is 4.31 Å². The molecule has 20 heavy (non-hydrogen) atoms. The normalized spacial score (nSPS) is 11.1. The quantitative estimate of drug-likeness (QED) is 0.727. The second-order valence-electron chi connectivity index (χ2n) is 4.09. The lowest BCUT2D eigenvalue weighted by Gasteiger charge is -2.16. The van der Waals surface area contributed by atoms with E-state index in [4.69, 9.17) is 10.00 Å². The standard InChI is InChI=1S/C13H16N2O4S/c1-3-19-13(16)9-15(2)20(17,18)10-12-7-5-4-6-11(12)8-14/h4-7H,3,9-10H2,1-2H3. The highest BCUT2D eigenvalue weighted by molar-refractivity contribution is 7.88. The summed E-state index contributed by atoms with van der Waals surface area (Å²) in [6, 6.07) is 8.40. The predicted molar refractivity (Wildman–Crippen MR) is 73.0 cm³/mol. The largest absolute Gasteiger partial charge is 0.465 e. The summed E-state index contributed by atoms with van der Waals surface area (Å²) in [4.78, 5) is 11.3. The lowest BCUT2D eigenvalue weighted by molar-refractivity contribution is -0.143. The molecule has 0 spiro atoms. The van der Waals surface area contributed by atoms with E-state index < -0.39 is 16.0 Å². The van der Waals surface area contributed by atoms with Crippen molar-refractivity contribution in [2.45, 2.75) is 12.7 Å². The Bertz CT molecular complexity index is 620. The summed E-state index contributed by atoms with van der Waals surface area (Å²) in [5, 5.41) is 8.94. The van der Waals surface area contributed by atoms with Crippen LogP contribution in [0.25, 0.3) is 0 Å². The number of carbonyl (C=O) groups is 1. The first-order valence-corrected chi connectivity index (χ1v) is 7.59. The fourth-order valence-electron chi connectivity index (χ4n) is 1.55. The van der Waals surface area contributed by atoms with E-state index in [9.17, 15) is 13.2 Å². The average molecular weight is 296 g/mol. The molecule has 0 fully saturated rings. The van der Waals surface area contributed by atoms with Crippen molar-refractivity contribution in [3.05, 3.63) is 35.4 Å². The van der Waals surface area contributed by atoms with Crippen LogP contribution in [0, 0.1) is 11.3 Å². The number of hydrogen-bond acceptors (Lipinski definition) is 5.